The number of aromatic nitrogens is 1. The van der Waals surface area contributed by atoms with E-state index in [4.69, 9.17) is 9.90 Å². The van der Waals surface area contributed by atoms with E-state index in [0.29, 0.717) is 24.8 Å². The van der Waals surface area contributed by atoms with E-state index in [0.717, 1.165) is 31.2 Å². The van der Waals surface area contributed by atoms with Crippen molar-refractivity contribution in [2.45, 2.75) is 43.7 Å². The Labute approximate surface area is 235 Å². The minimum Gasteiger partial charge on any atom is -0.478 e. The van der Waals surface area contributed by atoms with Gasteiger partial charge in [-0.25, -0.2) is 23.0 Å². The van der Waals surface area contributed by atoms with E-state index in [1.54, 1.807) is 24.3 Å². The van der Waals surface area contributed by atoms with Crippen LogP contribution < -0.4 is 9.62 Å². The Morgan fingerprint density at radius 1 is 1.00 bits per heavy atom. The molecule has 0 bridgehead atoms. The predicted molar refractivity (Wildman–Crippen MR) is 147 cm³/mol. The number of hydrogen-bond donors (Lipinski definition) is 3. The van der Waals surface area contributed by atoms with Crippen LogP contribution in [0.2, 0.25) is 0 Å². The van der Waals surface area contributed by atoms with Gasteiger partial charge in [-0.1, -0.05) is 49.4 Å². The van der Waals surface area contributed by atoms with Gasteiger partial charge >= 0.3 is 18.1 Å². The molecule has 3 N–H and O–H groups in total. The number of piperidine rings is 1. The van der Waals surface area contributed by atoms with Crippen LogP contribution in [0.15, 0.2) is 71.8 Å². The van der Waals surface area contributed by atoms with Crippen molar-refractivity contribution in [3.8, 4) is 0 Å². The third-order valence-electron chi connectivity index (χ3n) is 6.51. The van der Waals surface area contributed by atoms with Gasteiger partial charge in [-0.15, -0.1) is 0 Å². The highest BCUT2D eigenvalue weighted by molar-refractivity contribution is 7.92. The summed E-state index contributed by atoms with van der Waals surface area (Å²) in [4.78, 5) is 27.3. The Hall–Kier alpha value is -4.13. The number of aryl methyl sites for hydroxylation is 1. The lowest BCUT2D eigenvalue weighted by Crippen LogP contribution is -2.36. The van der Waals surface area contributed by atoms with Crippen molar-refractivity contribution < 1.29 is 41.4 Å². The van der Waals surface area contributed by atoms with Gasteiger partial charge in [0, 0.05) is 13.1 Å². The number of nitrogens with zero attached hydrogens (tertiary/aromatic N) is 2. The minimum absolute atomic E-state index is 0.0111. The number of aromatic carboxylic acids is 1. The van der Waals surface area contributed by atoms with Crippen molar-refractivity contribution in [2.24, 2.45) is 5.92 Å². The van der Waals surface area contributed by atoms with Crippen molar-refractivity contribution in [3.05, 3.63) is 83.6 Å². The predicted octanol–water partition coefficient (Wildman–Crippen LogP) is 5.24. The first-order valence-electron chi connectivity index (χ1n) is 12.7. The topological polar surface area (TPSA) is 137 Å². The highest BCUT2D eigenvalue weighted by Crippen LogP contribution is 2.29. The lowest BCUT2D eigenvalue weighted by Gasteiger charge is -2.33. The minimum atomic E-state index is -5.08. The lowest BCUT2D eigenvalue weighted by molar-refractivity contribution is -0.192. The van der Waals surface area contributed by atoms with Gasteiger partial charge in [-0.3, -0.25) is 4.72 Å². The first-order chi connectivity index (χ1) is 19.3. The molecule has 1 saturated heterocycles. The summed E-state index contributed by atoms with van der Waals surface area (Å²) in [6, 6.07) is 18.3. The molecule has 0 atom stereocenters. The standard InChI is InChI=1S/C26H29N3O4S.C2HF3O2/c1-2-19-8-10-23(11-9-19)34(32,33)28-22-17-24(26(30)31)25(27-18-22)29-14-12-21(13-15-29)16-20-6-4-3-5-7-20;3-2(4,5)1(6)7/h3-11,17-18,21,28H,2,12-16H2,1H3,(H,30,31);(H,6,7). The molecule has 4 rings (SSSR count). The van der Waals surface area contributed by atoms with Gasteiger partial charge in [0.05, 0.1) is 16.8 Å². The third kappa shape index (κ3) is 8.93. The molecular weight excluding hydrogens is 563 g/mol. The van der Waals surface area contributed by atoms with E-state index >= 15 is 0 Å². The van der Waals surface area contributed by atoms with Crippen LogP contribution >= 0.6 is 0 Å². The molecule has 2 heterocycles. The molecule has 3 aromatic rings. The van der Waals surface area contributed by atoms with Gasteiger partial charge < -0.3 is 15.1 Å². The highest BCUT2D eigenvalue weighted by atomic mass is 32.2. The zero-order valence-corrected chi connectivity index (χ0v) is 23.0. The van der Waals surface area contributed by atoms with E-state index in [1.807, 2.05) is 30.0 Å². The molecule has 9 nitrogen and oxygen atoms in total. The summed E-state index contributed by atoms with van der Waals surface area (Å²) < 4.78 is 59.7. The second-order valence-electron chi connectivity index (χ2n) is 9.43. The normalized spacial score (nSPS) is 14.1. The molecule has 0 spiro atoms. The number of halogens is 3. The highest BCUT2D eigenvalue weighted by Gasteiger charge is 2.38. The van der Waals surface area contributed by atoms with Crippen LogP contribution in [0.5, 0.6) is 0 Å². The maximum atomic E-state index is 12.8. The van der Waals surface area contributed by atoms with Gasteiger partial charge in [0.25, 0.3) is 10.0 Å². The number of benzene rings is 2. The van der Waals surface area contributed by atoms with Gasteiger partial charge in [0.15, 0.2) is 0 Å². The van der Waals surface area contributed by atoms with Gasteiger partial charge in [0.2, 0.25) is 0 Å². The Morgan fingerprint density at radius 3 is 2.10 bits per heavy atom. The molecule has 1 aliphatic rings. The average molecular weight is 594 g/mol. The SMILES string of the molecule is CCc1ccc(S(=O)(=O)Nc2cnc(N3CCC(Cc4ccccc4)CC3)c(C(=O)O)c2)cc1.O=C(O)C(F)(F)F. The molecule has 0 saturated carbocycles. The molecule has 1 aliphatic heterocycles. The number of anilines is 2. The Balaban J connectivity index is 0.000000587. The maximum absolute atomic E-state index is 12.8. The number of pyridine rings is 1. The van der Waals surface area contributed by atoms with Gasteiger partial charge in [-0.2, -0.15) is 13.2 Å². The van der Waals surface area contributed by atoms with Crippen molar-refractivity contribution in [1.82, 2.24) is 4.98 Å². The zero-order valence-electron chi connectivity index (χ0n) is 22.1. The maximum Gasteiger partial charge on any atom is 0.490 e. The molecule has 0 unspecified atom stereocenters. The first kappa shape index (κ1) is 31.4. The summed E-state index contributed by atoms with van der Waals surface area (Å²) in [6.07, 6.45) is 0.00376. The number of aliphatic carboxylic acids is 1. The zero-order chi connectivity index (χ0) is 30.2. The van der Waals surface area contributed by atoms with Crippen LogP contribution in [0.25, 0.3) is 0 Å². The number of carboxylic acids is 2. The summed E-state index contributed by atoms with van der Waals surface area (Å²) in [5, 5.41) is 16.9. The van der Waals surface area contributed by atoms with E-state index < -0.39 is 28.1 Å². The first-order valence-corrected chi connectivity index (χ1v) is 14.2. The molecule has 2 aromatic carbocycles. The largest absolute Gasteiger partial charge is 0.490 e. The number of rotatable bonds is 8. The van der Waals surface area contributed by atoms with Crippen LogP contribution in [0.4, 0.5) is 24.7 Å². The molecule has 13 heteroatoms. The van der Waals surface area contributed by atoms with E-state index in [-0.39, 0.29) is 16.1 Å². The summed E-state index contributed by atoms with van der Waals surface area (Å²) in [5.41, 5.74) is 2.46. The van der Waals surface area contributed by atoms with Crippen molar-refractivity contribution >= 4 is 33.5 Å². The molecule has 0 amide bonds. The number of nitrogens with one attached hydrogen (secondary N) is 1. The van der Waals surface area contributed by atoms with Crippen LogP contribution in [0.1, 0.15) is 41.3 Å². The van der Waals surface area contributed by atoms with Crippen LogP contribution in [0.3, 0.4) is 0 Å². The van der Waals surface area contributed by atoms with Crippen molar-refractivity contribution in [1.29, 1.82) is 0 Å². The van der Waals surface area contributed by atoms with E-state index in [2.05, 4.69) is 21.8 Å². The molecule has 0 aliphatic carbocycles. The molecule has 0 radical (unpaired) electrons. The number of alkyl halides is 3. The van der Waals surface area contributed by atoms with Crippen LogP contribution in [-0.4, -0.2) is 54.8 Å². The summed E-state index contributed by atoms with van der Waals surface area (Å²) in [7, 11) is -3.85. The smallest absolute Gasteiger partial charge is 0.478 e. The molecule has 1 aromatic heterocycles. The molecular formula is C28H30F3N3O6S. The second-order valence-corrected chi connectivity index (χ2v) is 11.1. The molecule has 1 fully saturated rings. The fourth-order valence-corrected chi connectivity index (χ4v) is 5.37. The average Bonchev–Trinajstić information content (AvgIpc) is 2.94. The van der Waals surface area contributed by atoms with E-state index in [9.17, 15) is 31.5 Å². The van der Waals surface area contributed by atoms with Crippen LogP contribution in [0, 0.1) is 5.92 Å². The molecule has 41 heavy (non-hydrogen) atoms. The lowest BCUT2D eigenvalue weighted by atomic mass is 9.90. The van der Waals surface area contributed by atoms with Crippen molar-refractivity contribution in [2.75, 3.05) is 22.7 Å². The van der Waals surface area contributed by atoms with Crippen LogP contribution in [-0.2, 0) is 27.7 Å². The number of carbonyl (C=O) groups is 2. The monoisotopic (exact) mass is 593 g/mol. The number of sulfonamides is 1. The van der Waals surface area contributed by atoms with E-state index in [1.165, 1.54) is 17.8 Å². The number of carboxylic acid groups (broad SMARTS) is 2. The second kappa shape index (κ2) is 13.5. The van der Waals surface area contributed by atoms with Crippen molar-refractivity contribution in [3.63, 3.8) is 0 Å². The third-order valence-corrected chi connectivity index (χ3v) is 7.91. The summed E-state index contributed by atoms with van der Waals surface area (Å²) in [5.74, 6) is -2.98. The summed E-state index contributed by atoms with van der Waals surface area (Å²) in [6.45, 7) is 3.41. The van der Waals surface area contributed by atoms with Gasteiger partial charge in [-0.05, 0) is 60.9 Å². The quantitative estimate of drug-likeness (QED) is 0.323. The van der Waals surface area contributed by atoms with Gasteiger partial charge in [0.1, 0.15) is 11.4 Å². The fraction of sp³-hybridized carbons (Fsp3) is 0.321. The fourth-order valence-electron chi connectivity index (χ4n) is 4.34. The summed E-state index contributed by atoms with van der Waals surface area (Å²) >= 11 is 0. The molecule has 220 valence electrons. The number of hydrogen-bond acceptors (Lipinski definition) is 6. The Kier molecular flexibility index (Phi) is 10.3. The Bertz CT molecular complexity index is 1440. The Morgan fingerprint density at radius 2 is 1.59 bits per heavy atom.